The first-order valence-corrected chi connectivity index (χ1v) is 10.2. The molecule has 0 aliphatic carbocycles. The van der Waals surface area contributed by atoms with Crippen LogP contribution in [0.15, 0.2) is 29.6 Å². The Hall–Kier alpha value is -1.92. The summed E-state index contributed by atoms with van der Waals surface area (Å²) in [5, 5.41) is 8.83. The first-order valence-electron chi connectivity index (χ1n) is 9.32. The number of anilines is 1. The average Bonchev–Trinajstić information content (AvgIpc) is 3.12. The second kappa shape index (κ2) is 10.3. The molecular formula is C20H30N4OS. The fraction of sp³-hybridized carbons (Fsp3) is 0.500. The third kappa shape index (κ3) is 6.42. The summed E-state index contributed by atoms with van der Waals surface area (Å²) in [6.45, 7) is 12.3. The number of carbonyl (C=O) groups is 1. The lowest BCUT2D eigenvalue weighted by Crippen LogP contribution is -2.28. The van der Waals surface area contributed by atoms with Crippen LogP contribution in [0, 0.1) is 0 Å². The number of rotatable bonds is 9. The molecule has 2 rings (SSSR count). The number of amides is 2. The van der Waals surface area contributed by atoms with Crippen LogP contribution < -0.4 is 10.6 Å². The molecule has 1 heterocycles. The number of hydrogen-bond donors (Lipinski definition) is 2. The molecule has 26 heavy (non-hydrogen) atoms. The van der Waals surface area contributed by atoms with Gasteiger partial charge in [-0.05, 0) is 37.2 Å². The molecule has 0 unspecified atom stereocenters. The van der Waals surface area contributed by atoms with Crippen molar-refractivity contribution < 1.29 is 4.79 Å². The van der Waals surface area contributed by atoms with Crippen LogP contribution in [0.3, 0.4) is 0 Å². The molecule has 0 saturated heterocycles. The highest BCUT2D eigenvalue weighted by atomic mass is 32.1. The number of nitrogens with zero attached hydrogens (tertiary/aromatic N) is 2. The van der Waals surface area contributed by atoms with Gasteiger partial charge in [-0.15, -0.1) is 11.3 Å². The summed E-state index contributed by atoms with van der Waals surface area (Å²) in [7, 11) is 0. The summed E-state index contributed by atoms with van der Waals surface area (Å²) in [5.74, 6) is 0.419. The first-order chi connectivity index (χ1) is 12.5. The van der Waals surface area contributed by atoms with Gasteiger partial charge in [-0.25, -0.2) is 9.78 Å². The molecule has 5 nitrogen and oxygen atoms in total. The summed E-state index contributed by atoms with van der Waals surface area (Å²) < 4.78 is 0. The van der Waals surface area contributed by atoms with Gasteiger partial charge in [0.25, 0.3) is 0 Å². The van der Waals surface area contributed by atoms with Gasteiger partial charge >= 0.3 is 6.03 Å². The Kier molecular flexibility index (Phi) is 8.06. The van der Waals surface area contributed by atoms with E-state index in [9.17, 15) is 4.79 Å². The number of carbonyl (C=O) groups excluding carboxylic acids is 1. The summed E-state index contributed by atoms with van der Waals surface area (Å²) in [6.07, 6.45) is 1.02. The van der Waals surface area contributed by atoms with Crippen LogP contribution in [-0.2, 0) is 13.0 Å². The zero-order valence-corrected chi connectivity index (χ0v) is 17.0. The maximum Gasteiger partial charge on any atom is 0.319 e. The highest BCUT2D eigenvalue weighted by molar-refractivity contribution is 7.09. The summed E-state index contributed by atoms with van der Waals surface area (Å²) in [5.41, 5.74) is 2.99. The number of likely N-dealkylation sites (N-methyl/N-ethyl adjacent to an activating group) is 1. The molecule has 0 spiro atoms. The zero-order valence-electron chi connectivity index (χ0n) is 16.2. The van der Waals surface area contributed by atoms with E-state index in [1.54, 1.807) is 11.3 Å². The lowest BCUT2D eigenvalue weighted by Gasteiger charge is -2.17. The van der Waals surface area contributed by atoms with Crippen LogP contribution >= 0.6 is 11.3 Å². The highest BCUT2D eigenvalue weighted by Gasteiger charge is 2.07. The van der Waals surface area contributed by atoms with Gasteiger partial charge < -0.3 is 15.5 Å². The van der Waals surface area contributed by atoms with Gasteiger partial charge in [0, 0.05) is 23.5 Å². The Bertz CT molecular complexity index is 677. The molecule has 1 aromatic heterocycles. The Morgan fingerprint density at radius 3 is 2.46 bits per heavy atom. The van der Waals surface area contributed by atoms with E-state index in [2.05, 4.69) is 60.3 Å². The van der Waals surface area contributed by atoms with Crippen molar-refractivity contribution >= 4 is 23.1 Å². The van der Waals surface area contributed by atoms with Crippen molar-refractivity contribution in [1.82, 2.24) is 15.2 Å². The van der Waals surface area contributed by atoms with Gasteiger partial charge in [0.15, 0.2) is 0 Å². The SMILES string of the molecule is CCN(CC)CCc1ccc(NC(=O)NCc2csc(C(C)C)n2)cc1. The molecule has 0 radical (unpaired) electrons. The van der Waals surface area contributed by atoms with E-state index in [0.29, 0.717) is 12.5 Å². The highest BCUT2D eigenvalue weighted by Crippen LogP contribution is 2.19. The summed E-state index contributed by atoms with van der Waals surface area (Å²) in [4.78, 5) is 19.0. The Morgan fingerprint density at radius 1 is 1.19 bits per heavy atom. The smallest absolute Gasteiger partial charge is 0.319 e. The van der Waals surface area contributed by atoms with Crippen LogP contribution in [0.5, 0.6) is 0 Å². The molecule has 2 aromatic rings. The van der Waals surface area contributed by atoms with Gasteiger partial charge in [-0.2, -0.15) is 0 Å². The van der Waals surface area contributed by atoms with Crippen molar-refractivity contribution in [1.29, 1.82) is 0 Å². The molecule has 2 amide bonds. The lowest BCUT2D eigenvalue weighted by molar-refractivity contribution is 0.251. The Labute approximate surface area is 160 Å². The van der Waals surface area contributed by atoms with Gasteiger partial charge in [0.05, 0.1) is 17.2 Å². The minimum Gasteiger partial charge on any atom is -0.332 e. The van der Waals surface area contributed by atoms with E-state index in [1.165, 1.54) is 5.56 Å². The minimum absolute atomic E-state index is 0.208. The van der Waals surface area contributed by atoms with Gasteiger partial charge in [-0.1, -0.05) is 39.8 Å². The Balaban J connectivity index is 1.77. The van der Waals surface area contributed by atoms with Crippen molar-refractivity contribution in [3.8, 4) is 0 Å². The molecule has 1 aromatic carbocycles. The molecular weight excluding hydrogens is 344 g/mol. The van der Waals surface area contributed by atoms with Crippen LogP contribution in [0.25, 0.3) is 0 Å². The van der Waals surface area contributed by atoms with Crippen LogP contribution in [0.2, 0.25) is 0 Å². The van der Waals surface area contributed by atoms with Crippen molar-refractivity contribution in [2.24, 2.45) is 0 Å². The molecule has 0 aliphatic rings. The number of thiazole rings is 1. The number of aromatic nitrogens is 1. The average molecular weight is 375 g/mol. The number of hydrogen-bond acceptors (Lipinski definition) is 4. The summed E-state index contributed by atoms with van der Waals surface area (Å²) in [6, 6.07) is 7.86. The number of urea groups is 1. The maximum atomic E-state index is 12.1. The van der Waals surface area contributed by atoms with E-state index < -0.39 is 0 Å². The number of benzene rings is 1. The molecule has 0 atom stereocenters. The monoisotopic (exact) mass is 374 g/mol. The second-order valence-corrected chi connectivity index (χ2v) is 7.50. The molecule has 0 fully saturated rings. The van der Waals surface area contributed by atoms with Gasteiger partial charge in [0.1, 0.15) is 0 Å². The van der Waals surface area contributed by atoms with Crippen molar-refractivity contribution in [3.63, 3.8) is 0 Å². The first kappa shape index (κ1) is 20.4. The second-order valence-electron chi connectivity index (χ2n) is 6.61. The van der Waals surface area contributed by atoms with E-state index >= 15 is 0 Å². The van der Waals surface area contributed by atoms with E-state index in [4.69, 9.17) is 0 Å². The number of nitrogens with one attached hydrogen (secondary N) is 2. The molecule has 0 aliphatic heterocycles. The predicted molar refractivity (Wildman–Crippen MR) is 110 cm³/mol. The van der Waals surface area contributed by atoms with E-state index in [0.717, 1.165) is 42.4 Å². The van der Waals surface area contributed by atoms with Crippen molar-refractivity contribution in [3.05, 3.63) is 45.9 Å². The van der Waals surface area contributed by atoms with E-state index in [1.807, 2.05) is 17.5 Å². The van der Waals surface area contributed by atoms with Crippen molar-refractivity contribution in [2.75, 3.05) is 25.0 Å². The van der Waals surface area contributed by atoms with Crippen LogP contribution in [0.4, 0.5) is 10.5 Å². The fourth-order valence-corrected chi connectivity index (χ4v) is 3.43. The topological polar surface area (TPSA) is 57.3 Å². The third-order valence-electron chi connectivity index (χ3n) is 4.32. The normalized spacial score (nSPS) is 11.2. The molecule has 0 bridgehead atoms. The molecule has 6 heteroatoms. The minimum atomic E-state index is -0.208. The zero-order chi connectivity index (χ0) is 18.9. The predicted octanol–water partition coefficient (Wildman–Crippen LogP) is 4.47. The van der Waals surface area contributed by atoms with Crippen molar-refractivity contribution in [2.45, 2.75) is 46.6 Å². The third-order valence-corrected chi connectivity index (χ3v) is 5.51. The van der Waals surface area contributed by atoms with E-state index in [-0.39, 0.29) is 6.03 Å². The molecule has 2 N–H and O–H groups in total. The van der Waals surface area contributed by atoms with Crippen LogP contribution in [0.1, 0.15) is 49.9 Å². The maximum absolute atomic E-state index is 12.1. The van der Waals surface area contributed by atoms with Gasteiger partial charge in [0.2, 0.25) is 0 Å². The molecule has 142 valence electrons. The lowest BCUT2D eigenvalue weighted by atomic mass is 10.1. The molecule has 0 saturated carbocycles. The largest absolute Gasteiger partial charge is 0.332 e. The Morgan fingerprint density at radius 2 is 1.88 bits per heavy atom. The van der Waals surface area contributed by atoms with Crippen LogP contribution in [-0.4, -0.2) is 35.5 Å². The summed E-state index contributed by atoms with van der Waals surface area (Å²) >= 11 is 1.64. The standard InChI is InChI=1S/C20H30N4OS/c1-5-24(6-2)12-11-16-7-9-17(10-8-16)23-20(25)21-13-18-14-26-19(22-18)15(3)4/h7-10,14-15H,5-6,11-13H2,1-4H3,(H2,21,23,25). The quantitative estimate of drug-likeness (QED) is 0.681. The van der Waals surface area contributed by atoms with Gasteiger partial charge in [-0.3, -0.25) is 0 Å². The fourth-order valence-electron chi connectivity index (χ4n) is 2.60.